The average Bonchev–Trinajstić information content (AvgIpc) is 2.84. The number of piperidine rings is 1. The number of benzene rings is 2. The normalized spacial score (nSPS) is 20.5. The van der Waals surface area contributed by atoms with Crippen LogP contribution in [0.15, 0.2) is 53.4 Å². The zero-order chi connectivity index (χ0) is 23.4. The minimum absolute atomic E-state index is 0.0815. The Balaban J connectivity index is 1.31. The Labute approximate surface area is 197 Å². The molecule has 2 aromatic carbocycles. The highest BCUT2D eigenvalue weighted by molar-refractivity contribution is 7.89. The van der Waals surface area contributed by atoms with Crippen LogP contribution in [0, 0.1) is 12.8 Å². The van der Waals surface area contributed by atoms with E-state index in [-0.39, 0.29) is 23.3 Å². The second-order valence-electron chi connectivity index (χ2n) is 9.19. The summed E-state index contributed by atoms with van der Waals surface area (Å²) in [5, 5.41) is 3.01. The highest BCUT2D eigenvalue weighted by Gasteiger charge is 2.33. The maximum atomic E-state index is 13.0. The summed E-state index contributed by atoms with van der Waals surface area (Å²) < 4.78 is 27.5. The van der Waals surface area contributed by atoms with Gasteiger partial charge in [0, 0.05) is 51.5 Å². The number of piperazine rings is 1. The van der Waals surface area contributed by atoms with Crippen molar-refractivity contribution in [3.05, 3.63) is 59.7 Å². The van der Waals surface area contributed by atoms with E-state index in [0.717, 1.165) is 37.3 Å². The zero-order valence-electron chi connectivity index (χ0n) is 19.5. The second-order valence-corrected chi connectivity index (χ2v) is 11.1. The largest absolute Gasteiger partial charge is 0.369 e. The van der Waals surface area contributed by atoms with Gasteiger partial charge in [-0.1, -0.05) is 29.8 Å². The van der Waals surface area contributed by atoms with Crippen molar-refractivity contribution in [3.63, 3.8) is 0 Å². The van der Waals surface area contributed by atoms with Crippen molar-refractivity contribution in [3.8, 4) is 0 Å². The number of nitrogens with one attached hydrogen (secondary N) is 1. The smallest absolute Gasteiger partial charge is 0.243 e. The Kier molecular flexibility index (Phi) is 7.36. The topological polar surface area (TPSA) is 73.0 Å². The molecule has 1 N–H and O–H groups in total. The molecular weight excluding hydrogens is 436 g/mol. The fourth-order valence-electron chi connectivity index (χ4n) is 4.46. The monoisotopic (exact) mass is 470 g/mol. The Bertz CT molecular complexity index is 1050. The molecule has 2 fully saturated rings. The van der Waals surface area contributed by atoms with E-state index in [2.05, 4.69) is 46.4 Å². The molecule has 2 heterocycles. The van der Waals surface area contributed by atoms with Gasteiger partial charge in [0.15, 0.2) is 0 Å². The molecule has 0 bridgehead atoms. The van der Waals surface area contributed by atoms with Crippen molar-refractivity contribution in [2.75, 3.05) is 51.2 Å². The fourth-order valence-corrected chi connectivity index (χ4v) is 5.98. The van der Waals surface area contributed by atoms with E-state index in [1.807, 2.05) is 6.92 Å². The quantitative estimate of drug-likeness (QED) is 0.702. The lowest BCUT2D eigenvalue weighted by Gasteiger charge is -2.34. The van der Waals surface area contributed by atoms with E-state index < -0.39 is 10.0 Å². The van der Waals surface area contributed by atoms with Gasteiger partial charge in [-0.3, -0.25) is 4.79 Å². The van der Waals surface area contributed by atoms with Gasteiger partial charge in [0.1, 0.15) is 0 Å². The summed E-state index contributed by atoms with van der Waals surface area (Å²) in [6.07, 6.45) is 1.39. The first kappa shape index (κ1) is 23.7. The minimum atomic E-state index is -3.59. The first-order valence-corrected chi connectivity index (χ1v) is 13.1. The maximum Gasteiger partial charge on any atom is 0.243 e. The zero-order valence-corrected chi connectivity index (χ0v) is 20.4. The van der Waals surface area contributed by atoms with Crippen LogP contribution in [0.4, 0.5) is 5.69 Å². The van der Waals surface area contributed by atoms with E-state index in [1.165, 1.54) is 9.99 Å². The summed E-state index contributed by atoms with van der Waals surface area (Å²) in [6.45, 7) is 7.23. The van der Waals surface area contributed by atoms with Crippen molar-refractivity contribution < 1.29 is 13.2 Å². The Morgan fingerprint density at radius 2 is 1.64 bits per heavy atom. The van der Waals surface area contributed by atoms with Crippen LogP contribution in [0.2, 0.25) is 0 Å². The predicted octanol–water partition coefficient (Wildman–Crippen LogP) is 2.46. The lowest BCUT2D eigenvalue weighted by molar-refractivity contribution is -0.126. The summed E-state index contributed by atoms with van der Waals surface area (Å²) >= 11 is 0. The van der Waals surface area contributed by atoms with Crippen molar-refractivity contribution >= 4 is 21.6 Å². The highest BCUT2D eigenvalue weighted by Crippen LogP contribution is 2.24. The van der Waals surface area contributed by atoms with Gasteiger partial charge in [-0.15, -0.1) is 0 Å². The number of hydrogen-bond donors (Lipinski definition) is 1. The van der Waals surface area contributed by atoms with E-state index in [1.54, 1.807) is 24.3 Å². The van der Waals surface area contributed by atoms with Crippen LogP contribution in [0.25, 0.3) is 0 Å². The third kappa shape index (κ3) is 5.75. The molecule has 33 heavy (non-hydrogen) atoms. The number of aryl methyl sites for hydroxylation is 1. The molecule has 2 aliphatic heterocycles. The molecule has 0 aromatic heterocycles. The van der Waals surface area contributed by atoms with Gasteiger partial charge in [-0.05, 0) is 56.6 Å². The molecule has 2 aliphatic rings. The molecule has 0 saturated carbocycles. The Hall–Kier alpha value is -2.42. The lowest BCUT2D eigenvalue weighted by atomic mass is 9.98. The molecule has 2 aromatic rings. The van der Waals surface area contributed by atoms with Crippen LogP contribution in [-0.2, 0) is 21.4 Å². The van der Waals surface area contributed by atoms with Gasteiger partial charge in [-0.25, -0.2) is 8.42 Å². The van der Waals surface area contributed by atoms with Gasteiger partial charge in [0.25, 0.3) is 0 Å². The summed E-state index contributed by atoms with van der Waals surface area (Å²) in [5.74, 6) is -0.412. The summed E-state index contributed by atoms with van der Waals surface area (Å²) in [7, 11) is -1.44. The molecule has 0 unspecified atom stereocenters. The van der Waals surface area contributed by atoms with Crippen LogP contribution in [0.1, 0.15) is 24.0 Å². The van der Waals surface area contributed by atoms with Gasteiger partial charge in [0.05, 0.1) is 10.8 Å². The number of anilines is 1. The van der Waals surface area contributed by atoms with Gasteiger partial charge >= 0.3 is 0 Å². The third-order valence-electron chi connectivity index (χ3n) is 6.69. The molecule has 8 heteroatoms. The number of carbonyl (C=O) groups is 1. The molecule has 0 radical (unpaired) electrons. The van der Waals surface area contributed by atoms with Crippen molar-refractivity contribution in [2.24, 2.45) is 5.92 Å². The average molecular weight is 471 g/mol. The number of carbonyl (C=O) groups excluding carboxylic acids is 1. The maximum absolute atomic E-state index is 13.0. The summed E-state index contributed by atoms with van der Waals surface area (Å²) in [6, 6.07) is 15.2. The first-order chi connectivity index (χ1) is 15.8. The van der Waals surface area contributed by atoms with Crippen molar-refractivity contribution in [2.45, 2.75) is 31.2 Å². The van der Waals surface area contributed by atoms with Gasteiger partial charge in [-0.2, -0.15) is 4.31 Å². The lowest BCUT2D eigenvalue weighted by Crippen LogP contribution is -2.45. The van der Waals surface area contributed by atoms with Crippen LogP contribution in [0.5, 0.6) is 0 Å². The molecular formula is C25H34N4O3S. The van der Waals surface area contributed by atoms with E-state index in [9.17, 15) is 13.2 Å². The van der Waals surface area contributed by atoms with E-state index >= 15 is 0 Å². The number of hydrogen-bond acceptors (Lipinski definition) is 5. The predicted molar refractivity (Wildman–Crippen MR) is 131 cm³/mol. The molecule has 1 amide bonds. The number of rotatable bonds is 6. The number of sulfonamides is 1. The standard InChI is InChI=1S/C25H34N4O3S/c1-20-5-11-24(12-6-20)33(31,32)29-13-3-4-22(19-29)25(30)26-18-21-7-9-23(10-8-21)28-16-14-27(2)15-17-28/h5-12,22H,3-4,13-19H2,1-2H3,(H,26,30)/t22-/m1/s1. The van der Waals surface area contributed by atoms with Crippen LogP contribution >= 0.6 is 0 Å². The van der Waals surface area contributed by atoms with E-state index in [0.29, 0.717) is 25.9 Å². The van der Waals surface area contributed by atoms with E-state index in [4.69, 9.17) is 0 Å². The number of likely N-dealkylation sites (N-methyl/N-ethyl adjacent to an activating group) is 1. The molecule has 178 valence electrons. The van der Waals surface area contributed by atoms with Gasteiger partial charge < -0.3 is 15.1 Å². The van der Waals surface area contributed by atoms with Crippen LogP contribution in [0.3, 0.4) is 0 Å². The molecule has 0 aliphatic carbocycles. The second kappa shape index (κ2) is 10.2. The highest BCUT2D eigenvalue weighted by atomic mass is 32.2. The molecule has 2 saturated heterocycles. The third-order valence-corrected chi connectivity index (χ3v) is 8.56. The molecule has 1 atom stereocenters. The SMILES string of the molecule is Cc1ccc(S(=O)(=O)N2CCC[C@@H](C(=O)NCc3ccc(N4CCN(C)CC4)cc3)C2)cc1. The minimum Gasteiger partial charge on any atom is -0.369 e. The molecule has 7 nitrogen and oxygen atoms in total. The fraction of sp³-hybridized carbons (Fsp3) is 0.480. The van der Waals surface area contributed by atoms with Gasteiger partial charge in [0.2, 0.25) is 15.9 Å². The molecule has 0 spiro atoms. The van der Waals surface area contributed by atoms with Crippen molar-refractivity contribution in [1.29, 1.82) is 0 Å². The first-order valence-electron chi connectivity index (χ1n) is 11.7. The Morgan fingerprint density at radius 1 is 0.970 bits per heavy atom. The number of amides is 1. The Morgan fingerprint density at radius 3 is 2.30 bits per heavy atom. The number of nitrogens with zero attached hydrogens (tertiary/aromatic N) is 3. The summed E-state index contributed by atoms with van der Waals surface area (Å²) in [4.78, 5) is 17.8. The van der Waals surface area contributed by atoms with Crippen LogP contribution < -0.4 is 10.2 Å². The van der Waals surface area contributed by atoms with Crippen LogP contribution in [-0.4, -0.2) is 69.8 Å². The van der Waals surface area contributed by atoms with Crippen molar-refractivity contribution in [1.82, 2.24) is 14.5 Å². The summed E-state index contributed by atoms with van der Waals surface area (Å²) in [5.41, 5.74) is 3.27. The molecule has 4 rings (SSSR count).